The van der Waals surface area contributed by atoms with Gasteiger partial charge in [-0.1, -0.05) is 0 Å². The van der Waals surface area contributed by atoms with Crippen LogP contribution >= 0.6 is 0 Å². The van der Waals surface area contributed by atoms with Crippen molar-refractivity contribution in [2.75, 3.05) is 0 Å². The van der Waals surface area contributed by atoms with Gasteiger partial charge >= 0.3 is 5.97 Å². The van der Waals surface area contributed by atoms with Crippen LogP contribution in [0.2, 0.25) is 0 Å². The van der Waals surface area contributed by atoms with Crippen LogP contribution in [0.15, 0.2) is 0 Å². The first-order valence-corrected chi connectivity index (χ1v) is 4.02. The smallest absolute Gasteiger partial charge is 0.314 e. The molecule has 0 aromatic rings. The number of fused-ring (bicyclic) bond motifs is 3. The second kappa shape index (κ2) is 1.97. The molecule has 0 aromatic heterocycles. The van der Waals surface area contributed by atoms with Crippen molar-refractivity contribution in [1.29, 1.82) is 0 Å². The zero-order valence-corrected chi connectivity index (χ0v) is 6.54. The predicted octanol–water partition coefficient (Wildman–Crippen LogP) is 0.463. The van der Waals surface area contributed by atoms with Crippen molar-refractivity contribution in [2.45, 2.75) is 38.4 Å². The first-order valence-electron chi connectivity index (χ1n) is 4.02. The SMILES string of the molecule is CC12CCC(CC1O)OC2=O. The molecule has 2 bridgehead atoms. The number of hydrogen-bond acceptors (Lipinski definition) is 3. The molecule has 1 N–H and O–H groups in total. The Morgan fingerprint density at radius 1 is 1.73 bits per heavy atom. The molecule has 3 heteroatoms. The Hall–Kier alpha value is -0.570. The van der Waals surface area contributed by atoms with E-state index >= 15 is 0 Å². The average molecular weight is 156 g/mol. The highest BCUT2D eigenvalue weighted by Crippen LogP contribution is 2.43. The van der Waals surface area contributed by atoms with Crippen LogP contribution in [0, 0.1) is 5.41 Å². The molecule has 3 nitrogen and oxygen atoms in total. The molecule has 2 heterocycles. The molecule has 0 aromatic carbocycles. The summed E-state index contributed by atoms with van der Waals surface area (Å²) in [6.07, 6.45) is 1.82. The van der Waals surface area contributed by atoms with Crippen molar-refractivity contribution in [3.8, 4) is 0 Å². The summed E-state index contributed by atoms with van der Waals surface area (Å²) in [4.78, 5) is 11.2. The largest absolute Gasteiger partial charge is 0.462 e. The van der Waals surface area contributed by atoms with Gasteiger partial charge in [0.1, 0.15) is 6.10 Å². The molecular weight excluding hydrogens is 144 g/mol. The molecule has 2 aliphatic heterocycles. The van der Waals surface area contributed by atoms with E-state index in [1.165, 1.54) is 0 Å². The van der Waals surface area contributed by atoms with E-state index in [0.29, 0.717) is 6.42 Å². The summed E-state index contributed by atoms with van der Waals surface area (Å²) in [5.41, 5.74) is -0.602. The third kappa shape index (κ3) is 0.805. The van der Waals surface area contributed by atoms with Crippen LogP contribution in [-0.2, 0) is 9.53 Å². The van der Waals surface area contributed by atoms with Crippen LogP contribution in [0.5, 0.6) is 0 Å². The number of rotatable bonds is 0. The fourth-order valence-corrected chi connectivity index (χ4v) is 1.89. The molecule has 0 amide bonds. The third-order valence-corrected chi connectivity index (χ3v) is 2.95. The Kier molecular flexibility index (Phi) is 1.27. The molecule has 3 atom stereocenters. The molecular formula is C8H12O3. The maximum Gasteiger partial charge on any atom is 0.314 e. The van der Waals surface area contributed by atoms with Gasteiger partial charge in [-0.3, -0.25) is 4.79 Å². The first kappa shape index (κ1) is 7.10. The monoisotopic (exact) mass is 156 g/mol. The topological polar surface area (TPSA) is 46.5 Å². The Morgan fingerprint density at radius 2 is 2.45 bits per heavy atom. The molecule has 2 saturated heterocycles. The van der Waals surface area contributed by atoms with Crippen molar-refractivity contribution in [3.05, 3.63) is 0 Å². The lowest BCUT2D eigenvalue weighted by atomic mass is 9.70. The van der Waals surface area contributed by atoms with Gasteiger partial charge in [-0.05, 0) is 19.8 Å². The van der Waals surface area contributed by atoms with E-state index in [9.17, 15) is 9.90 Å². The van der Waals surface area contributed by atoms with Gasteiger partial charge in [-0.15, -0.1) is 0 Å². The Morgan fingerprint density at radius 3 is 2.91 bits per heavy atom. The minimum Gasteiger partial charge on any atom is -0.462 e. The molecule has 3 aliphatic rings. The van der Waals surface area contributed by atoms with Crippen molar-refractivity contribution in [3.63, 3.8) is 0 Å². The maximum absolute atomic E-state index is 11.2. The fraction of sp³-hybridized carbons (Fsp3) is 0.875. The molecule has 3 unspecified atom stereocenters. The fourth-order valence-electron chi connectivity index (χ4n) is 1.89. The quantitative estimate of drug-likeness (QED) is 0.518. The van der Waals surface area contributed by atoms with Crippen LogP contribution in [0.1, 0.15) is 26.2 Å². The summed E-state index contributed by atoms with van der Waals surface area (Å²) in [7, 11) is 0. The Labute approximate surface area is 65.4 Å². The van der Waals surface area contributed by atoms with E-state index in [1.807, 2.05) is 0 Å². The number of carbonyl (C=O) groups excluding carboxylic acids is 1. The molecule has 1 saturated carbocycles. The zero-order valence-electron chi connectivity index (χ0n) is 6.54. The summed E-state index contributed by atoms with van der Waals surface area (Å²) in [6, 6.07) is 0. The lowest BCUT2D eigenvalue weighted by Gasteiger charge is -2.45. The first-order chi connectivity index (χ1) is 5.13. The van der Waals surface area contributed by atoms with Crippen LogP contribution in [0.4, 0.5) is 0 Å². The summed E-state index contributed by atoms with van der Waals surface area (Å²) in [5, 5.41) is 9.53. The average Bonchev–Trinajstić information content (AvgIpc) is 1.94. The highest BCUT2D eigenvalue weighted by atomic mass is 16.6. The van der Waals surface area contributed by atoms with Gasteiger partial charge in [0.25, 0.3) is 0 Å². The normalized spacial score (nSPS) is 49.1. The van der Waals surface area contributed by atoms with Crippen molar-refractivity contribution >= 4 is 5.97 Å². The van der Waals surface area contributed by atoms with Gasteiger partial charge in [-0.25, -0.2) is 0 Å². The summed E-state index contributed by atoms with van der Waals surface area (Å²) in [6.45, 7) is 1.79. The number of carbonyl (C=O) groups is 1. The van der Waals surface area contributed by atoms with E-state index in [4.69, 9.17) is 4.74 Å². The Balaban J connectivity index is 2.30. The zero-order chi connectivity index (χ0) is 8.06. The van der Waals surface area contributed by atoms with Crippen molar-refractivity contribution in [2.24, 2.45) is 5.41 Å². The van der Waals surface area contributed by atoms with Crippen LogP contribution < -0.4 is 0 Å². The second-order valence-corrected chi connectivity index (χ2v) is 3.73. The highest BCUT2D eigenvalue weighted by Gasteiger charge is 2.52. The lowest BCUT2D eigenvalue weighted by Crippen LogP contribution is -2.54. The summed E-state index contributed by atoms with van der Waals surface area (Å²) >= 11 is 0. The molecule has 3 fully saturated rings. The Bertz CT molecular complexity index is 202. The van der Waals surface area contributed by atoms with E-state index in [2.05, 4.69) is 0 Å². The molecule has 3 rings (SSSR count). The second-order valence-electron chi connectivity index (χ2n) is 3.73. The highest BCUT2D eigenvalue weighted by molar-refractivity contribution is 5.79. The molecule has 62 valence electrons. The minimum absolute atomic E-state index is 0.0145. The van der Waals surface area contributed by atoms with Gasteiger partial charge in [0.15, 0.2) is 0 Å². The van der Waals surface area contributed by atoms with Gasteiger partial charge in [0, 0.05) is 6.42 Å². The summed E-state index contributed by atoms with van der Waals surface area (Å²) in [5.74, 6) is -0.215. The van der Waals surface area contributed by atoms with Gasteiger partial charge in [0.05, 0.1) is 11.5 Å². The maximum atomic E-state index is 11.2. The lowest BCUT2D eigenvalue weighted by molar-refractivity contribution is -0.198. The third-order valence-electron chi connectivity index (χ3n) is 2.95. The van der Waals surface area contributed by atoms with Crippen LogP contribution in [0.25, 0.3) is 0 Å². The molecule has 1 aliphatic carbocycles. The molecule has 11 heavy (non-hydrogen) atoms. The van der Waals surface area contributed by atoms with Gasteiger partial charge in [0.2, 0.25) is 0 Å². The standard InChI is InChI=1S/C8H12O3/c1-8-3-2-5(4-6(8)9)11-7(8)10/h5-6,9H,2-4H2,1H3. The molecule has 0 spiro atoms. The van der Waals surface area contributed by atoms with E-state index in [0.717, 1.165) is 12.8 Å². The van der Waals surface area contributed by atoms with E-state index in [1.54, 1.807) is 6.92 Å². The van der Waals surface area contributed by atoms with E-state index in [-0.39, 0.29) is 12.1 Å². The number of esters is 1. The summed E-state index contributed by atoms with van der Waals surface area (Å²) < 4.78 is 5.06. The minimum atomic E-state index is -0.602. The number of aliphatic hydroxyl groups excluding tert-OH is 1. The molecule has 0 radical (unpaired) electrons. The van der Waals surface area contributed by atoms with Crippen molar-refractivity contribution in [1.82, 2.24) is 0 Å². The number of ether oxygens (including phenoxy) is 1. The number of aliphatic hydroxyl groups is 1. The van der Waals surface area contributed by atoms with Gasteiger partial charge in [-0.2, -0.15) is 0 Å². The van der Waals surface area contributed by atoms with Crippen LogP contribution in [0.3, 0.4) is 0 Å². The van der Waals surface area contributed by atoms with Crippen LogP contribution in [-0.4, -0.2) is 23.3 Å². The van der Waals surface area contributed by atoms with E-state index < -0.39 is 11.5 Å². The van der Waals surface area contributed by atoms with Crippen molar-refractivity contribution < 1.29 is 14.6 Å². The van der Waals surface area contributed by atoms with Gasteiger partial charge < -0.3 is 9.84 Å². The number of hydrogen-bond donors (Lipinski definition) is 1. The predicted molar refractivity (Wildman–Crippen MR) is 37.8 cm³/mol.